The number of aliphatic hydroxyl groups is 1. The zero-order valence-corrected chi connectivity index (χ0v) is 16.3. The Morgan fingerprint density at radius 2 is 2.19 bits per heavy atom. The van der Waals surface area contributed by atoms with Crippen LogP contribution in [0.2, 0.25) is 0 Å². The number of aryl methyl sites for hydroxylation is 2. The Bertz CT molecular complexity index is 882. The van der Waals surface area contributed by atoms with Crippen molar-refractivity contribution in [1.29, 1.82) is 0 Å². The Hall–Kier alpha value is -2.41. The first-order valence-electron chi connectivity index (χ1n) is 9.23. The zero-order chi connectivity index (χ0) is 19.8. The number of alkyl halides is 1. The van der Waals surface area contributed by atoms with E-state index in [1.807, 2.05) is 35.6 Å². The summed E-state index contributed by atoms with van der Waals surface area (Å²) >= 11 is 0. The van der Waals surface area contributed by atoms with Gasteiger partial charge in [-0.15, -0.1) is 0 Å². The number of carbonyl (C=O) groups is 1. The Labute approximate surface area is 158 Å². The average molecular weight is 374 g/mol. The predicted molar refractivity (Wildman–Crippen MR) is 106 cm³/mol. The number of imidazole rings is 1. The van der Waals surface area contributed by atoms with Crippen LogP contribution in [-0.4, -0.2) is 45.4 Å². The lowest BCUT2D eigenvalue weighted by atomic mass is 10.1. The van der Waals surface area contributed by atoms with E-state index < -0.39 is 11.8 Å². The summed E-state index contributed by atoms with van der Waals surface area (Å²) in [7, 11) is 1.93. The fraction of sp³-hybridized carbons (Fsp3) is 0.500. The van der Waals surface area contributed by atoms with Crippen LogP contribution < -0.4 is 10.2 Å². The van der Waals surface area contributed by atoms with Gasteiger partial charge in [-0.2, -0.15) is 0 Å². The van der Waals surface area contributed by atoms with Crippen LogP contribution in [0.5, 0.6) is 0 Å². The molecule has 1 aromatic heterocycles. The molecule has 6 nitrogen and oxygen atoms in total. The van der Waals surface area contributed by atoms with E-state index in [-0.39, 0.29) is 5.91 Å². The van der Waals surface area contributed by atoms with Gasteiger partial charge in [0.15, 0.2) is 0 Å². The van der Waals surface area contributed by atoms with E-state index in [4.69, 9.17) is 0 Å². The minimum atomic E-state index is -1.05. The number of hydrogen-bond donors (Lipinski definition) is 2. The van der Waals surface area contributed by atoms with Crippen LogP contribution in [0.3, 0.4) is 0 Å². The van der Waals surface area contributed by atoms with Crippen LogP contribution in [0, 0.1) is 6.92 Å². The number of carbonyl (C=O) groups excluding carboxylic acids is 1. The number of halogens is 1. The highest BCUT2D eigenvalue weighted by Gasteiger charge is 2.23. The summed E-state index contributed by atoms with van der Waals surface area (Å²) in [6, 6.07) is 3.80. The maximum atomic E-state index is 13.8. The second-order valence-electron chi connectivity index (χ2n) is 7.79. The van der Waals surface area contributed by atoms with E-state index in [1.54, 1.807) is 13.8 Å². The van der Waals surface area contributed by atoms with Gasteiger partial charge in [-0.05, 0) is 57.4 Å². The zero-order valence-electron chi connectivity index (χ0n) is 16.3. The molecule has 146 valence electrons. The van der Waals surface area contributed by atoms with Crippen molar-refractivity contribution in [3.63, 3.8) is 0 Å². The first-order chi connectivity index (χ1) is 12.6. The molecule has 0 aliphatic carbocycles. The molecule has 1 saturated heterocycles. The lowest BCUT2D eigenvalue weighted by molar-refractivity contribution is -0.112. The highest BCUT2D eigenvalue weighted by atomic mass is 19.1. The minimum absolute atomic E-state index is 0.313. The summed E-state index contributed by atoms with van der Waals surface area (Å²) in [5.41, 5.74) is 2.22. The topological polar surface area (TPSA) is 70.4 Å². The highest BCUT2D eigenvalue weighted by molar-refractivity contribution is 6.01. The van der Waals surface area contributed by atoms with Crippen molar-refractivity contribution in [3.8, 4) is 0 Å². The lowest BCUT2D eigenvalue weighted by Gasteiger charge is -2.29. The predicted octanol–water partition coefficient (Wildman–Crippen LogP) is 3.09. The van der Waals surface area contributed by atoms with Crippen LogP contribution in [0.1, 0.15) is 32.3 Å². The van der Waals surface area contributed by atoms with Crippen molar-refractivity contribution >= 4 is 28.6 Å². The fourth-order valence-electron chi connectivity index (χ4n) is 3.31. The Balaban J connectivity index is 1.88. The summed E-state index contributed by atoms with van der Waals surface area (Å²) in [5, 5.41) is 12.5. The molecule has 1 fully saturated rings. The molecule has 1 aliphatic rings. The van der Waals surface area contributed by atoms with Gasteiger partial charge in [0.25, 0.3) is 0 Å². The Kier molecular flexibility index (Phi) is 5.24. The van der Waals surface area contributed by atoms with E-state index in [9.17, 15) is 14.3 Å². The highest BCUT2D eigenvalue weighted by Crippen LogP contribution is 2.28. The van der Waals surface area contributed by atoms with Gasteiger partial charge in [0.1, 0.15) is 6.17 Å². The molecule has 3 rings (SSSR count). The normalized spacial score (nSPS) is 18.4. The van der Waals surface area contributed by atoms with Crippen molar-refractivity contribution < 1.29 is 14.3 Å². The molecule has 1 aromatic carbocycles. The quantitative estimate of drug-likeness (QED) is 0.807. The second kappa shape index (κ2) is 7.31. The smallest absolute Gasteiger partial charge is 0.248 e. The first kappa shape index (κ1) is 19.4. The van der Waals surface area contributed by atoms with Crippen LogP contribution in [0.4, 0.5) is 16.0 Å². The Morgan fingerprint density at radius 1 is 1.44 bits per heavy atom. The largest absolute Gasteiger partial charge is 0.386 e. The maximum Gasteiger partial charge on any atom is 0.248 e. The number of piperidine rings is 1. The summed E-state index contributed by atoms with van der Waals surface area (Å²) in [6.45, 7) is 6.28. The Morgan fingerprint density at radius 3 is 2.85 bits per heavy atom. The van der Waals surface area contributed by atoms with Gasteiger partial charge in [0, 0.05) is 25.4 Å². The van der Waals surface area contributed by atoms with Gasteiger partial charge >= 0.3 is 0 Å². The maximum absolute atomic E-state index is 13.8. The number of benzene rings is 1. The summed E-state index contributed by atoms with van der Waals surface area (Å²) in [5.74, 6) is 0.434. The number of amides is 1. The van der Waals surface area contributed by atoms with E-state index in [0.29, 0.717) is 18.7 Å². The van der Waals surface area contributed by atoms with Crippen molar-refractivity contribution in [2.24, 2.45) is 7.05 Å². The molecule has 27 heavy (non-hydrogen) atoms. The number of aromatic nitrogens is 2. The van der Waals surface area contributed by atoms with Crippen molar-refractivity contribution in [2.75, 3.05) is 23.3 Å². The average Bonchev–Trinajstić information content (AvgIpc) is 2.89. The third-order valence-corrected chi connectivity index (χ3v) is 4.75. The molecule has 0 bridgehead atoms. The van der Waals surface area contributed by atoms with Gasteiger partial charge in [0.2, 0.25) is 11.9 Å². The van der Waals surface area contributed by atoms with Crippen LogP contribution >= 0.6 is 0 Å². The number of nitrogens with one attached hydrogen (secondary N) is 1. The van der Waals surface area contributed by atoms with Gasteiger partial charge in [0.05, 0.1) is 23.2 Å². The molecule has 1 atom stereocenters. The van der Waals surface area contributed by atoms with Crippen LogP contribution in [0.15, 0.2) is 24.3 Å². The van der Waals surface area contributed by atoms with Gasteiger partial charge in [-0.3, -0.25) is 4.79 Å². The molecule has 0 spiro atoms. The minimum Gasteiger partial charge on any atom is -0.386 e. The van der Waals surface area contributed by atoms with Crippen molar-refractivity contribution in [2.45, 2.75) is 45.4 Å². The number of hydrogen-bond acceptors (Lipinski definition) is 4. The number of fused-ring (bicyclic) bond motifs is 1. The lowest BCUT2D eigenvalue weighted by Crippen LogP contribution is -2.37. The molecule has 1 unspecified atom stereocenters. The molecule has 2 aromatic rings. The molecule has 0 saturated carbocycles. The fourth-order valence-corrected chi connectivity index (χ4v) is 3.31. The molecular weight excluding hydrogens is 347 g/mol. The standard InChI is InChI=1S/C20H27FN4O2/c1-13-10-17-16(11-15(13)22-18(26)7-8-20(2,3)27)23-19(24(17)4)25-9-5-6-14(21)12-25/h7-8,10-11,14,27H,5-6,9,12H2,1-4H3,(H,22,26)/b8-7+. The van der Waals surface area contributed by atoms with Gasteiger partial charge in [-0.1, -0.05) is 0 Å². The summed E-state index contributed by atoms with van der Waals surface area (Å²) < 4.78 is 15.8. The third-order valence-electron chi connectivity index (χ3n) is 4.75. The van der Waals surface area contributed by atoms with E-state index >= 15 is 0 Å². The second-order valence-corrected chi connectivity index (χ2v) is 7.79. The molecule has 7 heteroatoms. The van der Waals surface area contributed by atoms with Gasteiger partial charge < -0.3 is 19.9 Å². The van der Waals surface area contributed by atoms with E-state index in [0.717, 1.165) is 35.5 Å². The SMILES string of the molecule is Cc1cc2c(cc1NC(=O)/C=C/C(C)(C)O)nc(N1CCCC(F)C1)n2C. The summed E-state index contributed by atoms with van der Waals surface area (Å²) in [6.07, 6.45) is 3.37. The first-order valence-corrected chi connectivity index (χ1v) is 9.23. The molecular formula is C20H27FN4O2. The van der Waals surface area contributed by atoms with Gasteiger partial charge in [-0.25, -0.2) is 9.37 Å². The monoisotopic (exact) mass is 374 g/mol. The number of nitrogens with zero attached hydrogens (tertiary/aromatic N) is 3. The number of rotatable bonds is 4. The molecule has 1 aliphatic heterocycles. The third kappa shape index (κ3) is 4.47. The van der Waals surface area contributed by atoms with E-state index in [1.165, 1.54) is 12.2 Å². The van der Waals surface area contributed by atoms with Crippen LogP contribution in [-0.2, 0) is 11.8 Å². The molecule has 2 heterocycles. The molecule has 2 N–H and O–H groups in total. The van der Waals surface area contributed by atoms with Crippen molar-refractivity contribution in [3.05, 3.63) is 29.8 Å². The van der Waals surface area contributed by atoms with E-state index in [2.05, 4.69) is 10.3 Å². The van der Waals surface area contributed by atoms with Crippen LogP contribution in [0.25, 0.3) is 11.0 Å². The van der Waals surface area contributed by atoms with Crippen molar-refractivity contribution in [1.82, 2.24) is 9.55 Å². The molecule has 1 amide bonds. The molecule has 0 radical (unpaired) electrons. The number of anilines is 2. The summed E-state index contributed by atoms with van der Waals surface area (Å²) in [4.78, 5) is 18.8.